The molecule has 0 amide bonds. The van der Waals surface area contributed by atoms with Crippen LogP contribution in [-0.4, -0.2) is 65.7 Å². The van der Waals surface area contributed by atoms with Gasteiger partial charge >= 0.3 is 0 Å². The molecular formula is C17H25O6. The molecule has 2 fully saturated rings. The first-order chi connectivity index (χ1) is 11.2. The summed E-state index contributed by atoms with van der Waals surface area (Å²) in [5, 5.41) is 0. The predicted molar refractivity (Wildman–Crippen MR) is 82.9 cm³/mol. The first-order valence-electron chi connectivity index (χ1n) is 7.83. The highest BCUT2D eigenvalue weighted by atomic mass is 16.6. The molecule has 0 aromatic heterocycles. The maximum atomic E-state index is 12.7. The zero-order chi connectivity index (χ0) is 16.7. The number of ketones is 1. The Labute approximate surface area is 138 Å². The first-order valence-corrected chi connectivity index (χ1v) is 7.83. The molecule has 1 aliphatic carbocycles. The Morgan fingerprint density at radius 2 is 1.13 bits per heavy atom. The summed E-state index contributed by atoms with van der Waals surface area (Å²) in [6.07, 6.45) is 0.721. The van der Waals surface area contributed by atoms with E-state index in [-0.39, 0.29) is 19.0 Å². The number of hydrogen-bond donors (Lipinski definition) is 0. The third-order valence-corrected chi connectivity index (χ3v) is 3.95. The number of rotatable bonds is 1. The molecule has 129 valence electrons. The van der Waals surface area contributed by atoms with Gasteiger partial charge in [0, 0.05) is 18.9 Å². The number of methoxy groups -OCH3 is 1. The van der Waals surface area contributed by atoms with Gasteiger partial charge in [0.1, 0.15) is 6.10 Å². The summed E-state index contributed by atoms with van der Waals surface area (Å²) in [6, 6.07) is 0. The Hall–Kier alpha value is -0.530. The molecule has 6 nitrogen and oxygen atoms in total. The molecule has 0 atom stereocenters. The lowest BCUT2D eigenvalue weighted by atomic mass is 9.67. The largest absolute Gasteiger partial charge is 0.378 e. The van der Waals surface area contributed by atoms with Crippen molar-refractivity contribution in [1.82, 2.24) is 0 Å². The molecule has 0 N–H and O–H groups in total. The van der Waals surface area contributed by atoms with Crippen LogP contribution in [0.3, 0.4) is 0 Å². The summed E-state index contributed by atoms with van der Waals surface area (Å²) in [6.45, 7) is 7.12. The van der Waals surface area contributed by atoms with Gasteiger partial charge in [-0.15, -0.1) is 0 Å². The number of carbonyl (C=O) groups excluding carboxylic acids is 1. The van der Waals surface area contributed by atoms with Gasteiger partial charge in [0.15, 0.2) is 5.78 Å². The summed E-state index contributed by atoms with van der Waals surface area (Å²) in [4.78, 5) is 12.7. The molecule has 6 heteroatoms. The van der Waals surface area contributed by atoms with Gasteiger partial charge < -0.3 is 23.7 Å². The first kappa shape index (κ1) is 18.8. The smallest absolute Gasteiger partial charge is 0.153 e. The van der Waals surface area contributed by atoms with Crippen LogP contribution in [0.25, 0.3) is 0 Å². The summed E-state index contributed by atoms with van der Waals surface area (Å²) in [7, 11) is 1.61. The summed E-state index contributed by atoms with van der Waals surface area (Å²) >= 11 is 0. The second-order valence-electron chi connectivity index (χ2n) is 5.40. The minimum atomic E-state index is -0.0301. The Balaban J connectivity index is 2.05. The number of hydrogen-bond acceptors (Lipinski definition) is 6. The van der Waals surface area contributed by atoms with Crippen molar-refractivity contribution in [2.75, 3.05) is 60.0 Å². The Morgan fingerprint density at radius 1 is 0.739 bits per heavy atom. The van der Waals surface area contributed by atoms with E-state index in [9.17, 15) is 4.79 Å². The fraction of sp³-hybridized carbons (Fsp3) is 0.647. The third kappa shape index (κ3) is 4.97. The number of carbonyl (C=O) groups is 1. The van der Waals surface area contributed by atoms with Crippen LogP contribution in [0.15, 0.2) is 0 Å². The SMILES string of the molecule is CO[C]1[C](C)[C]2COCCOCCOCCOC[C]([C]1C)C2=O. The van der Waals surface area contributed by atoms with Crippen molar-refractivity contribution in [1.29, 1.82) is 0 Å². The molecule has 2 bridgehead atoms. The summed E-state index contributed by atoms with van der Waals surface area (Å²) in [5.41, 5.74) is 0. The molecule has 0 unspecified atom stereocenters. The van der Waals surface area contributed by atoms with Crippen molar-refractivity contribution in [3.63, 3.8) is 0 Å². The van der Waals surface area contributed by atoms with Gasteiger partial charge in [0.05, 0.1) is 64.7 Å². The highest BCUT2D eigenvalue weighted by molar-refractivity contribution is 6.10. The fourth-order valence-corrected chi connectivity index (χ4v) is 2.64. The number of fused-ring (bicyclic) bond motifs is 2. The molecule has 1 saturated heterocycles. The van der Waals surface area contributed by atoms with Gasteiger partial charge in [-0.3, -0.25) is 4.79 Å². The van der Waals surface area contributed by atoms with Crippen molar-refractivity contribution in [3.05, 3.63) is 29.8 Å². The van der Waals surface area contributed by atoms with Gasteiger partial charge in [0.25, 0.3) is 0 Å². The van der Waals surface area contributed by atoms with E-state index in [0.29, 0.717) is 51.5 Å². The minimum Gasteiger partial charge on any atom is -0.378 e. The maximum absolute atomic E-state index is 12.7. The van der Waals surface area contributed by atoms with Crippen LogP contribution < -0.4 is 0 Å². The van der Waals surface area contributed by atoms with Crippen LogP contribution in [0.2, 0.25) is 0 Å². The van der Waals surface area contributed by atoms with Crippen molar-refractivity contribution in [2.24, 2.45) is 0 Å². The van der Waals surface area contributed by atoms with E-state index in [1.807, 2.05) is 13.8 Å². The molecule has 0 aromatic rings. The Bertz CT molecular complexity index is 331. The normalized spacial score (nSPS) is 26.8. The molecule has 5 radical (unpaired) electrons. The fourth-order valence-electron chi connectivity index (χ4n) is 2.64. The molecule has 1 saturated carbocycles. The van der Waals surface area contributed by atoms with Crippen molar-refractivity contribution in [3.8, 4) is 0 Å². The standard InChI is InChI=1S/C17H25O6/c1-12-14-10-22-8-6-20-4-5-21-7-9-23-11-15(16(14)18)13(2)17(12)19-3/h4-11H2,1-3H3. The van der Waals surface area contributed by atoms with Crippen LogP contribution in [0.1, 0.15) is 13.8 Å². The van der Waals surface area contributed by atoms with Gasteiger partial charge in [-0.1, -0.05) is 13.8 Å². The quantitative estimate of drug-likeness (QED) is 0.721. The van der Waals surface area contributed by atoms with E-state index in [1.165, 1.54) is 0 Å². The second-order valence-corrected chi connectivity index (χ2v) is 5.40. The Kier molecular flexibility index (Phi) is 7.92. The van der Waals surface area contributed by atoms with Crippen LogP contribution in [-0.2, 0) is 28.5 Å². The zero-order valence-corrected chi connectivity index (χ0v) is 14.1. The van der Waals surface area contributed by atoms with Crippen LogP contribution >= 0.6 is 0 Å². The molecule has 2 aliphatic rings. The van der Waals surface area contributed by atoms with Gasteiger partial charge in [-0.05, 0) is 0 Å². The van der Waals surface area contributed by atoms with Crippen LogP contribution in [0, 0.1) is 29.8 Å². The highest BCUT2D eigenvalue weighted by Crippen LogP contribution is 2.46. The lowest BCUT2D eigenvalue weighted by Crippen LogP contribution is -2.43. The van der Waals surface area contributed by atoms with E-state index in [2.05, 4.69) is 0 Å². The molecule has 2 rings (SSSR count). The predicted octanol–water partition coefficient (Wildman–Crippen LogP) is 1.17. The topological polar surface area (TPSA) is 63.2 Å². The lowest BCUT2D eigenvalue weighted by molar-refractivity contribution is -0.118. The Morgan fingerprint density at radius 3 is 1.52 bits per heavy atom. The average Bonchev–Trinajstić information content (AvgIpc) is 2.54. The van der Waals surface area contributed by atoms with Crippen molar-refractivity contribution < 1.29 is 28.5 Å². The van der Waals surface area contributed by atoms with E-state index in [1.54, 1.807) is 7.11 Å². The number of ether oxygens (including phenoxy) is 5. The number of Topliss-reactive ketones (excluding diaryl/α,β-unsaturated/α-hetero) is 1. The van der Waals surface area contributed by atoms with Crippen molar-refractivity contribution in [2.45, 2.75) is 13.8 Å². The molecule has 0 aromatic carbocycles. The third-order valence-electron chi connectivity index (χ3n) is 3.95. The average molecular weight is 325 g/mol. The second kappa shape index (κ2) is 9.69. The highest BCUT2D eigenvalue weighted by Gasteiger charge is 2.49. The van der Waals surface area contributed by atoms with Gasteiger partial charge in [-0.25, -0.2) is 0 Å². The monoisotopic (exact) mass is 325 g/mol. The van der Waals surface area contributed by atoms with Gasteiger partial charge in [-0.2, -0.15) is 0 Å². The van der Waals surface area contributed by atoms with Crippen LogP contribution in [0.5, 0.6) is 0 Å². The van der Waals surface area contributed by atoms with E-state index < -0.39 is 0 Å². The van der Waals surface area contributed by atoms with Gasteiger partial charge in [0.2, 0.25) is 0 Å². The van der Waals surface area contributed by atoms with Crippen LogP contribution in [0.4, 0.5) is 0 Å². The zero-order valence-electron chi connectivity index (χ0n) is 14.1. The molecule has 23 heavy (non-hydrogen) atoms. The lowest BCUT2D eigenvalue weighted by Gasteiger charge is -2.40. The molecule has 1 heterocycles. The maximum Gasteiger partial charge on any atom is 0.153 e. The summed E-state index contributed by atoms with van der Waals surface area (Å²) in [5.74, 6) is 2.87. The van der Waals surface area contributed by atoms with Crippen molar-refractivity contribution >= 4 is 5.78 Å². The minimum absolute atomic E-state index is 0.0301. The molecule has 1 aliphatic heterocycles. The molecule has 0 spiro atoms. The van der Waals surface area contributed by atoms with E-state index in [0.717, 1.165) is 17.9 Å². The van der Waals surface area contributed by atoms with E-state index in [4.69, 9.17) is 23.7 Å². The van der Waals surface area contributed by atoms with E-state index >= 15 is 0 Å². The molecular weight excluding hydrogens is 300 g/mol. The summed E-state index contributed by atoms with van der Waals surface area (Å²) < 4.78 is 27.4.